The number of hydrogen-bond acceptors (Lipinski definition) is 9. The van der Waals surface area contributed by atoms with Crippen LogP contribution >= 0.6 is 7.82 Å². The van der Waals surface area contributed by atoms with Gasteiger partial charge in [-0.05, 0) is 19.3 Å². The maximum atomic E-state index is 13.4. The predicted octanol–water partition coefficient (Wildman–Crippen LogP) is 12.2. The first-order valence-corrected chi connectivity index (χ1v) is 26.8. The molecule has 1 aliphatic rings. The van der Waals surface area contributed by atoms with Gasteiger partial charge in [-0.1, -0.05) is 213 Å². The van der Waals surface area contributed by atoms with Gasteiger partial charge in [-0.25, -0.2) is 4.57 Å². The number of unbranched alkanes of at least 4 members (excludes halogenated alkanes) is 30. The van der Waals surface area contributed by atoms with Crippen molar-refractivity contribution in [1.82, 2.24) is 5.32 Å². The van der Waals surface area contributed by atoms with E-state index in [1.165, 1.54) is 122 Å². The summed E-state index contributed by atoms with van der Waals surface area (Å²) in [5.74, 6) is -1.62. The van der Waals surface area contributed by atoms with E-state index < -0.39 is 62.9 Å². The van der Waals surface area contributed by atoms with Crippen LogP contribution in [0, 0.1) is 0 Å². The van der Waals surface area contributed by atoms with E-state index in [0.717, 1.165) is 70.6 Å². The highest BCUT2D eigenvalue weighted by Crippen LogP contribution is 2.41. The van der Waals surface area contributed by atoms with Gasteiger partial charge in [-0.2, -0.15) is 0 Å². The largest absolute Gasteiger partial charge is 0.472 e. The summed E-state index contributed by atoms with van der Waals surface area (Å²) in [5, 5.41) is 13.1. The van der Waals surface area contributed by atoms with Gasteiger partial charge in [0.1, 0.15) is 12.1 Å². The zero-order valence-corrected chi connectivity index (χ0v) is 40.0. The van der Waals surface area contributed by atoms with Gasteiger partial charge < -0.3 is 34.4 Å². The summed E-state index contributed by atoms with van der Waals surface area (Å²) in [7, 11) is -5.19. The summed E-state index contributed by atoms with van der Waals surface area (Å²) in [6, 6.07) is -1.42. The van der Waals surface area contributed by atoms with Crippen molar-refractivity contribution in [3.8, 4) is 0 Å². The maximum absolute atomic E-state index is 13.4. The van der Waals surface area contributed by atoms with Crippen molar-refractivity contribution in [2.75, 3.05) is 6.61 Å². The third-order valence-corrected chi connectivity index (χ3v) is 12.4. The number of nitrogens with one attached hydrogen (secondary N) is 1. The molecule has 0 aliphatic carbocycles. The first kappa shape index (κ1) is 57.5. The quantitative estimate of drug-likeness (QED) is 0.0260. The number of rotatable bonds is 42. The lowest BCUT2D eigenvalue weighted by Crippen LogP contribution is -2.66. The van der Waals surface area contributed by atoms with Crippen molar-refractivity contribution in [1.29, 1.82) is 0 Å². The molecular formula is C48H92NO11P. The van der Waals surface area contributed by atoms with Crippen molar-refractivity contribution in [2.45, 2.75) is 283 Å². The molecule has 5 atom stereocenters. The molecule has 0 aromatic carbocycles. The molecule has 13 heteroatoms. The van der Waals surface area contributed by atoms with Gasteiger partial charge in [0.15, 0.2) is 18.5 Å². The molecule has 2 unspecified atom stereocenters. The highest BCUT2D eigenvalue weighted by Gasteiger charge is 2.52. The van der Waals surface area contributed by atoms with Crippen LogP contribution in [-0.2, 0) is 37.7 Å². The number of carbonyl (C=O) groups is 3. The van der Waals surface area contributed by atoms with Crippen molar-refractivity contribution in [3.63, 3.8) is 0 Å². The number of phosphoric acid groups is 1. The molecule has 1 fully saturated rings. The number of ether oxygens (including phenoxy) is 3. The molecule has 0 aromatic rings. The van der Waals surface area contributed by atoms with Crippen LogP contribution in [0.1, 0.15) is 252 Å². The normalized spacial score (nSPS) is 19.2. The highest BCUT2D eigenvalue weighted by atomic mass is 31.2. The van der Waals surface area contributed by atoms with E-state index in [2.05, 4.69) is 26.1 Å². The molecule has 1 amide bonds. The van der Waals surface area contributed by atoms with Gasteiger partial charge in [0.2, 0.25) is 5.91 Å². The van der Waals surface area contributed by atoms with E-state index >= 15 is 0 Å². The van der Waals surface area contributed by atoms with Crippen LogP contribution in [-0.4, -0.2) is 70.0 Å². The van der Waals surface area contributed by atoms with Crippen LogP contribution < -0.4 is 5.32 Å². The Hall–Kier alpha value is -1.56. The van der Waals surface area contributed by atoms with Crippen LogP contribution in [0.4, 0.5) is 0 Å². The Labute approximate surface area is 371 Å². The monoisotopic (exact) mass is 890 g/mol. The molecule has 360 valence electrons. The van der Waals surface area contributed by atoms with Crippen LogP contribution in [0.5, 0.6) is 0 Å². The molecular weight excluding hydrogens is 797 g/mol. The van der Waals surface area contributed by atoms with Gasteiger partial charge in [0.05, 0.1) is 6.61 Å². The second kappa shape index (κ2) is 38.9. The summed E-state index contributed by atoms with van der Waals surface area (Å²) in [6.45, 7) is 5.93. The number of amides is 1. The fourth-order valence-electron chi connectivity index (χ4n) is 8.21. The number of carbonyl (C=O) groups excluding carboxylic acids is 3. The molecule has 1 aliphatic heterocycles. The van der Waals surface area contributed by atoms with Crippen LogP contribution in [0.3, 0.4) is 0 Å². The average Bonchev–Trinajstić information content (AvgIpc) is 3.22. The number of aliphatic hydroxyl groups excluding tert-OH is 1. The molecule has 1 rings (SSSR count). The number of hydrogen-bond donors (Lipinski definition) is 4. The minimum Gasteiger partial charge on any atom is -0.456 e. The highest BCUT2D eigenvalue weighted by molar-refractivity contribution is 7.46. The first-order valence-electron chi connectivity index (χ1n) is 25.2. The number of phosphoric ester groups is 1. The molecule has 1 heterocycles. The van der Waals surface area contributed by atoms with Crippen molar-refractivity contribution >= 4 is 25.7 Å². The van der Waals surface area contributed by atoms with E-state index in [9.17, 15) is 33.8 Å². The molecule has 0 radical (unpaired) electrons. The minimum absolute atomic E-state index is 0.0704. The van der Waals surface area contributed by atoms with Gasteiger partial charge in [0.25, 0.3) is 0 Å². The average molecular weight is 890 g/mol. The van der Waals surface area contributed by atoms with Crippen molar-refractivity contribution in [3.05, 3.63) is 0 Å². The smallest absolute Gasteiger partial charge is 0.456 e. The second-order valence-electron chi connectivity index (χ2n) is 17.7. The molecule has 0 saturated carbocycles. The van der Waals surface area contributed by atoms with Crippen molar-refractivity contribution in [2.24, 2.45) is 0 Å². The molecule has 0 spiro atoms. The second-order valence-corrected chi connectivity index (χ2v) is 18.9. The molecule has 4 N–H and O–H groups in total. The third-order valence-electron chi connectivity index (χ3n) is 11.9. The molecule has 0 aromatic heterocycles. The van der Waals surface area contributed by atoms with Crippen LogP contribution in [0.2, 0.25) is 0 Å². The Morgan fingerprint density at radius 2 is 0.803 bits per heavy atom. The molecule has 61 heavy (non-hydrogen) atoms. The lowest BCUT2D eigenvalue weighted by molar-refractivity contribution is -0.259. The lowest BCUT2D eigenvalue weighted by Gasteiger charge is -2.44. The standard InChI is InChI=1S/C48H92NO11P/c1-4-7-10-13-16-19-22-25-28-31-34-37-42(51)49-45-47(59-44(53)39-36-33-30-27-24-21-18-15-12-9-6-3)46(41(40-50)57-48(45)60-61(54,55)56)58-43(52)38-35-32-29-26-23-20-17-14-11-8-5-2/h41,45-48,50H,4-40H2,1-3H3,(H,49,51)(H2,54,55,56)/t41?,45?,46-,47-,48-/m1/s1. The Morgan fingerprint density at radius 3 is 1.13 bits per heavy atom. The third kappa shape index (κ3) is 31.9. The fraction of sp³-hybridized carbons (Fsp3) is 0.938. The topological polar surface area (TPSA) is 178 Å². The summed E-state index contributed by atoms with van der Waals surface area (Å²) < 4.78 is 34.8. The Kier molecular flexibility index (Phi) is 36.6. The fourth-order valence-corrected chi connectivity index (χ4v) is 8.66. The Morgan fingerprint density at radius 1 is 0.492 bits per heavy atom. The Balaban J connectivity index is 2.91. The summed E-state index contributed by atoms with van der Waals surface area (Å²) >= 11 is 0. The summed E-state index contributed by atoms with van der Waals surface area (Å²) in [6.07, 6.45) is 31.2. The van der Waals surface area contributed by atoms with E-state index in [1.54, 1.807) is 0 Å². The van der Waals surface area contributed by atoms with E-state index in [0.29, 0.717) is 19.3 Å². The van der Waals surface area contributed by atoms with E-state index in [4.69, 9.17) is 18.7 Å². The molecule has 0 bridgehead atoms. The van der Waals surface area contributed by atoms with Crippen molar-refractivity contribution < 1.29 is 52.6 Å². The lowest BCUT2D eigenvalue weighted by atomic mass is 9.95. The van der Waals surface area contributed by atoms with Gasteiger partial charge in [-0.15, -0.1) is 0 Å². The van der Waals surface area contributed by atoms with Gasteiger partial charge in [0, 0.05) is 19.3 Å². The van der Waals surface area contributed by atoms with Gasteiger partial charge >= 0.3 is 19.8 Å². The number of aliphatic hydroxyl groups is 1. The summed E-state index contributed by atoms with van der Waals surface area (Å²) in [5.41, 5.74) is 0. The van der Waals surface area contributed by atoms with Crippen LogP contribution in [0.25, 0.3) is 0 Å². The predicted molar refractivity (Wildman–Crippen MR) is 244 cm³/mol. The van der Waals surface area contributed by atoms with E-state index in [-0.39, 0.29) is 19.3 Å². The first-order chi connectivity index (χ1) is 29.6. The molecule has 1 saturated heterocycles. The summed E-state index contributed by atoms with van der Waals surface area (Å²) in [4.78, 5) is 59.7. The van der Waals surface area contributed by atoms with Crippen LogP contribution in [0.15, 0.2) is 0 Å². The van der Waals surface area contributed by atoms with E-state index in [1.807, 2.05) is 0 Å². The minimum atomic E-state index is -5.19. The SMILES string of the molecule is CCCCCCCCCCCCCC(=O)NC1[C@@H](OP(=O)(O)O)OC(CO)[C@@H](OC(=O)CCCCCCCCCCCCC)[C@@H]1OC(=O)CCCCCCCCCCCCC. The zero-order valence-electron chi connectivity index (χ0n) is 39.1. The maximum Gasteiger partial charge on any atom is 0.472 e. The van der Waals surface area contributed by atoms with Gasteiger partial charge in [-0.3, -0.25) is 18.9 Å². The zero-order chi connectivity index (χ0) is 44.8. The number of esters is 2. The molecule has 12 nitrogen and oxygen atoms in total. The Bertz CT molecular complexity index is 1120.